The molecule has 0 saturated heterocycles. The zero-order valence-electron chi connectivity index (χ0n) is 7.80. The maximum absolute atomic E-state index is 5.62. The predicted molar refractivity (Wildman–Crippen MR) is 49.5 cm³/mol. The van der Waals surface area contributed by atoms with E-state index < -0.39 is 0 Å². The van der Waals surface area contributed by atoms with Gasteiger partial charge >= 0.3 is 0 Å². The van der Waals surface area contributed by atoms with E-state index in [4.69, 9.17) is 5.73 Å². The van der Waals surface area contributed by atoms with Gasteiger partial charge in [-0.3, -0.25) is 0 Å². The van der Waals surface area contributed by atoms with Gasteiger partial charge in [0.1, 0.15) is 5.84 Å². The molecule has 0 aromatic rings. The van der Waals surface area contributed by atoms with Crippen LogP contribution in [0.15, 0.2) is 5.10 Å². The highest BCUT2D eigenvalue weighted by atomic mass is 15.4. The van der Waals surface area contributed by atoms with Crippen LogP contribution in [0.4, 0.5) is 0 Å². The number of hydrazone groups is 1. The smallest absolute Gasteiger partial charge is 0.119 e. The van der Waals surface area contributed by atoms with Gasteiger partial charge in [0.05, 0.1) is 0 Å². The van der Waals surface area contributed by atoms with Crippen LogP contribution < -0.4 is 5.73 Å². The Balaban J connectivity index is 3.43. The zero-order valence-corrected chi connectivity index (χ0v) is 7.80. The standard InChI is InChI=1S/C8H19N3/c1-4-5-6-7-8(9)10-11(2)3/h4-7H2,1-3H3,(H2,9,10). The van der Waals surface area contributed by atoms with Crippen molar-refractivity contribution in [3.63, 3.8) is 0 Å². The minimum Gasteiger partial charge on any atom is -0.386 e. The molecule has 2 N–H and O–H groups in total. The molecule has 0 bridgehead atoms. The third-order valence-electron chi connectivity index (χ3n) is 1.36. The monoisotopic (exact) mass is 157 g/mol. The van der Waals surface area contributed by atoms with Crippen molar-refractivity contribution in [2.75, 3.05) is 14.1 Å². The summed E-state index contributed by atoms with van der Waals surface area (Å²) in [6.07, 6.45) is 4.55. The second-order valence-corrected chi connectivity index (χ2v) is 2.90. The molecule has 0 unspecified atom stereocenters. The number of unbranched alkanes of at least 4 members (excludes halogenated alkanes) is 2. The van der Waals surface area contributed by atoms with Crippen molar-refractivity contribution in [3.8, 4) is 0 Å². The van der Waals surface area contributed by atoms with Crippen LogP contribution in [0.25, 0.3) is 0 Å². The van der Waals surface area contributed by atoms with Crippen molar-refractivity contribution in [2.45, 2.75) is 32.6 Å². The molecule has 11 heavy (non-hydrogen) atoms. The molecular weight excluding hydrogens is 138 g/mol. The molecule has 0 aliphatic heterocycles. The molecule has 0 amide bonds. The largest absolute Gasteiger partial charge is 0.386 e. The summed E-state index contributed by atoms with van der Waals surface area (Å²) >= 11 is 0. The van der Waals surface area contributed by atoms with Gasteiger partial charge in [-0.1, -0.05) is 19.8 Å². The van der Waals surface area contributed by atoms with E-state index in [0.717, 1.165) is 18.7 Å². The Labute approximate surface area is 69.3 Å². The van der Waals surface area contributed by atoms with Gasteiger partial charge in [-0.15, -0.1) is 0 Å². The van der Waals surface area contributed by atoms with E-state index in [-0.39, 0.29) is 0 Å². The molecule has 3 heteroatoms. The fraction of sp³-hybridized carbons (Fsp3) is 0.875. The second-order valence-electron chi connectivity index (χ2n) is 2.90. The van der Waals surface area contributed by atoms with Crippen LogP contribution in [0.3, 0.4) is 0 Å². The molecular formula is C8H19N3. The van der Waals surface area contributed by atoms with Crippen molar-refractivity contribution < 1.29 is 0 Å². The SMILES string of the molecule is CCCCC/C(N)=N\N(C)C. The average molecular weight is 157 g/mol. The van der Waals surface area contributed by atoms with Crippen LogP contribution >= 0.6 is 0 Å². The molecule has 0 saturated carbocycles. The van der Waals surface area contributed by atoms with Gasteiger partial charge < -0.3 is 10.7 Å². The molecule has 0 aromatic carbocycles. The number of nitrogens with two attached hydrogens (primary N) is 1. The van der Waals surface area contributed by atoms with E-state index in [1.165, 1.54) is 12.8 Å². The van der Waals surface area contributed by atoms with E-state index in [2.05, 4.69) is 12.0 Å². The number of hydrogen-bond donors (Lipinski definition) is 1. The quantitative estimate of drug-likeness (QED) is 0.284. The zero-order chi connectivity index (χ0) is 8.69. The van der Waals surface area contributed by atoms with E-state index in [1.807, 2.05) is 14.1 Å². The van der Waals surface area contributed by atoms with Crippen molar-refractivity contribution in [1.82, 2.24) is 5.01 Å². The van der Waals surface area contributed by atoms with Crippen molar-refractivity contribution in [1.29, 1.82) is 0 Å². The summed E-state index contributed by atoms with van der Waals surface area (Å²) in [7, 11) is 3.76. The first-order chi connectivity index (χ1) is 5.16. The van der Waals surface area contributed by atoms with Gasteiger partial charge in [-0.05, 0) is 6.42 Å². The summed E-state index contributed by atoms with van der Waals surface area (Å²) in [4.78, 5) is 0. The molecule has 0 fully saturated rings. The molecule has 3 nitrogen and oxygen atoms in total. The summed E-state index contributed by atoms with van der Waals surface area (Å²) in [6, 6.07) is 0. The maximum atomic E-state index is 5.62. The number of hydrogen-bond acceptors (Lipinski definition) is 2. The van der Waals surface area contributed by atoms with Gasteiger partial charge in [-0.25, -0.2) is 0 Å². The summed E-state index contributed by atoms with van der Waals surface area (Å²) in [5.74, 6) is 0.739. The predicted octanol–water partition coefficient (Wildman–Crippen LogP) is 1.40. The van der Waals surface area contributed by atoms with Crippen LogP contribution in [0, 0.1) is 0 Å². The first kappa shape index (κ1) is 10.3. The topological polar surface area (TPSA) is 41.6 Å². The Hall–Kier alpha value is -0.730. The van der Waals surface area contributed by atoms with Crippen LogP contribution in [0.2, 0.25) is 0 Å². The van der Waals surface area contributed by atoms with Gasteiger partial charge in [0, 0.05) is 20.5 Å². The number of nitrogens with zero attached hydrogens (tertiary/aromatic N) is 2. The highest BCUT2D eigenvalue weighted by Crippen LogP contribution is 1.98. The molecule has 0 heterocycles. The molecule has 66 valence electrons. The Morgan fingerprint density at radius 3 is 2.45 bits per heavy atom. The van der Waals surface area contributed by atoms with Crippen molar-refractivity contribution >= 4 is 5.84 Å². The molecule has 0 aliphatic carbocycles. The third-order valence-corrected chi connectivity index (χ3v) is 1.36. The first-order valence-electron chi connectivity index (χ1n) is 4.17. The normalized spacial score (nSPS) is 11.7. The highest BCUT2D eigenvalue weighted by Gasteiger charge is 1.92. The molecule has 0 radical (unpaired) electrons. The van der Waals surface area contributed by atoms with Crippen LogP contribution in [0.1, 0.15) is 32.6 Å². The minimum absolute atomic E-state index is 0.739. The summed E-state index contributed by atoms with van der Waals surface area (Å²) in [5, 5.41) is 5.81. The summed E-state index contributed by atoms with van der Waals surface area (Å²) < 4.78 is 0. The maximum Gasteiger partial charge on any atom is 0.119 e. The fourth-order valence-corrected chi connectivity index (χ4v) is 0.863. The second kappa shape index (κ2) is 6.01. The van der Waals surface area contributed by atoms with E-state index >= 15 is 0 Å². The molecule has 0 atom stereocenters. The molecule has 0 rings (SSSR count). The lowest BCUT2D eigenvalue weighted by atomic mass is 10.2. The fourth-order valence-electron chi connectivity index (χ4n) is 0.863. The van der Waals surface area contributed by atoms with Crippen LogP contribution in [-0.2, 0) is 0 Å². The lowest BCUT2D eigenvalue weighted by Crippen LogP contribution is -2.16. The van der Waals surface area contributed by atoms with Gasteiger partial charge in [0.25, 0.3) is 0 Å². The summed E-state index contributed by atoms with van der Waals surface area (Å²) in [6.45, 7) is 2.18. The number of amidine groups is 1. The lowest BCUT2D eigenvalue weighted by molar-refractivity contribution is 0.435. The Bertz CT molecular complexity index is 119. The Kier molecular flexibility index (Phi) is 5.61. The summed E-state index contributed by atoms with van der Waals surface area (Å²) in [5.41, 5.74) is 5.62. The lowest BCUT2D eigenvalue weighted by Gasteiger charge is -2.06. The van der Waals surface area contributed by atoms with Crippen molar-refractivity contribution in [2.24, 2.45) is 10.8 Å². The minimum atomic E-state index is 0.739. The number of rotatable bonds is 5. The first-order valence-corrected chi connectivity index (χ1v) is 4.17. The molecule has 0 aromatic heterocycles. The van der Waals surface area contributed by atoms with Crippen molar-refractivity contribution in [3.05, 3.63) is 0 Å². The van der Waals surface area contributed by atoms with E-state index in [9.17, 15) is 0 Å². The Morgan fingerprint density at radius 1 is 1.36 bits per heavy atom. The molecule has 0 spiro atoms. The highest BCUT2D eigenvalue weighted by molar-refractivity contribution is 5.79. The van der Waals surface area contributed by atoms with Crippen LogP contribution in [-0.4, -0.2) is 24.9 Å². The van der Waals surface area contributed by atoms with E-state index in [1.54, 1.807) is 5.01 Å². The van der Waals surface area contributed by atoms with Crippen LogP contribution in [0.5, 0.6) is 0 Å². The van der Waals surface area contributed by atoms with Gasteiger partial charge in [-0.2, -0.15) is 5.10 Å². The van der Waals surface area contributed by atoms with Gasteiger partial charge in [0.15, 0.2) is 0 Å². The third kappa shape index (κ3) is 7.16. The van der Waals surface area contributed by atoms with E-state index in [0.29, 0.717) is 0 Å². The molecule has 0 aliphatic rings. The average Bonchev–Trinajstić information content (AvgIpc) is 1.86. The Morgan fingerprint density at radius 2 is 2.00 bits per heavy atom. The van der Waals surface area contributed by atoms with Gasteiger partial charge in [0.2, 0.25) is 0 Å².